The molecule has 14 heteroatoms. The van der Waals surface area contributed by atoms with Crippen LogP contribution in [0, 0.1) is 0 Å². The van der Waals surface area contributed by atoms with Crippen LogP contribution >= 0.6 is 0 Å². The van der Waals surface area contributed by atoms with Gasteiger partial charge in [-0.1, -0.05) is 42.5 Å². The molecular weight excluding hydrogens is 583 g/mol. The highest BCUT2D eigenvalue weighted by atomic mass is 19.4. The lowest BCUT2D eigenvalue weighted by atomic mass is 10.1. The molecule has 1 atom stereocenters. The van der Waals surface area contributed by atoms with Crippen molar-refractivity contribution in [2.24, 2.45) is 0 Å². The molecule has 0 spiro atoms. The van der Waals surface area contributed by atoms with Crippen molar-refractivity contribution in [2.45, 2.75) is 32.0 Å². The minimum atomic E-state index is -4.61. The van der Waals surface area contributed by atoms with E-state index < -0.39 is 48.1 Å². The average Bonchev–Trinajstić information content (AvgIpc) is 3.02. The van der Waals surface area contributed by atoms with E-state index >= 15 is 0 Å². The van der Waals surface area contributed by atoms with Crippen LogP contribution in [-0.2, 0) is 20.5 Å². The summed E-state index contributed by atoms with van der Waals surface area (Å²) in [5.74, 6) is -2.50. The Kier molecular flexibility index (Phi) is 10.1. The van der Waals surface area contributed by atoms with Gasteiger partial charge in [0.05, 0.1) is 17.9 Å². The second-order valence-corrected chi connectivity index (χ2v) is 9.88. The van der Waals surface area contributed by atoms with Crippen LogP contribution in [0.3, 0.4) is 0 Å². The first-order valence-corrected chi connectivity index (χ1v) is 13.8. The lowest BCUT2D eigenvalue weighted by molar-refractivity contribution is -0.139. The van der Waals surface area contributed by atoms with Crippen molar-refractivity contribution >= 4 is 23.9 Å². The van der Waals surface area contributed by atoms with Crippen molar-refractivity contribution in [3.05, 3.63) is 71.9 Å². The summed E-state index contributed by atoms with van der Waals surface area (Å²) in [5.41, 5.74) is -0.506. The van der Waals surface area contributed by atoms with E-state index in [-0.39, 0.29) is 62.0 Å². The summed E-state index contributed by atoms with van der Waals surface area (Å²) in [4.78, 5) is 61.9. The largest absolute Gasteiger partial charge is 0.481 e. The maximum Gasteiger partial charge on any atom is 0.416 e. The van der Waals surface area contributed by atoms with Crippen LogP contribution in [0.25, 0.3) is 22.6 Å². The Bertz CT molecular complexity index is 1510. The van der Waals surface area contributed by atoms with Gasteiger partial charge in [-0.05, 0) is 31.5 Å². The van der Waals surface area contributed by atoms with E-state index in [2.05, 4.69) is 15.3 Å². The zero-order valence-electron chi connectivity index (χ0n) is 23.7. The molecule has 11 nitrogen and oxygen atoms in total. The third-order valence-corrected chi connectivity index (χ3v) is 6.84. The Balaban J connectivity index is 1.63. The molecule has 1 aliphatic heterocycles. The quantitative estimate of drug-likeness (QED) is 0.368. The average molecular weight is 614 g/mol. The summed E-state index contributed by atoms with van der Waals surface area (Å²) in [6.45, 7) is 2.54. The summed E-state index contributed by atoms with van der Waals surface area (Å²) in [6.07, 6.45) is -5.77. The van der Waals surface area contributed by atoms with Gasteiger partial charge < -0.3 is 25.0 Å². The maximum absolute atomic E-state index is 13.5. The Morgan fingerprint density at radius 2 is 1.59 bits per heavy atom. The number of aromatic nitrogens is 2. The number of nitrogens with one attached hydrogen (secondary N) is 1. The van der Waals surface area contributed by atoms with Gasteiger partial charge in [0, 0.05) is 43.7 Å². The van der Waals surface area contributed by atoms with Crippen molar-refractivity contribution in [3.8, 4) is 22.6 Å². The van der Waals surface area contributed by atoms with E-state index in [1.54, 1.807) is 37.3 Å². The number of carboxylic acids is 1. The predicted molar refractivity (Wildman–Crippen MR) is 151 cm³/mol. The number of benzene rings is 2. The zero-order valence-corrected chi connectivity index (χ0v) is 23.7. The molecule has 0 radical (unpaired) electrons. The minimum Gasteiger partial charge on any atom is -0.481 e. The second-order valence-electron chi connectivity index (χ2n) is 9.88. The number of nitrogens with zero attached hydrogens (tertiary/aromatic N) is 4. The van der Waals surface area contributed by atoms with E-state index in [1.165, 1.54) is 28.0 Å². The number of amides is 3. The fraction of sp³-hybridized carbons (Fsp3) is 0.333. The Morgan fingerprint density at radius 1 is 0.932 bits per heavy atom. The topological polar surface area (TPSA) is 142 Å². The molecule has 3 aromatic rings. The second kappa shape index (κ2) is 14.0. The van der Waals surface area contributed by atoms with Crippen LogP contribution in [0.15, 0.2) is 60.7 Å². The van der Waals surface area contributed by atoms with Gasteiger partial charge in [-0.15, -0.1) is 0 Å². The normalized spacial score (nSPS) is 14.1. The smallest absolute Gasteiger partial charge is 0.416 e. The number of alkyl halides is 3. The van der Waals surface area contributed by atoms with E-state index in [9.17, 15) is 37.5 Å². The first-order valence-electron chi connectivity index (χ1n) is 13.8. The molecule has 4 rings (SSSR count). The van der Waals surface area contributed by atoms with Crippen molar-refractivity contribution in [1.82, 2.24) is 25.1 Å². The van der Waals surface area contributed by atoms with Gasteiger partial charge in [0.25, 0.3) is 5.91 Å². The molecular formula is C30H30F3N5O6. The van der Waals surface area contributed by atoms with E-state index in [0.29, 0.717) is 5.56 Å². The molecule has 3 amide bonds. The summed E-state index contributed by atoms with van der Waals surface area (Å²) in [7, 11) is 0. The summed E-state index contributed by atoms with van der Waals surface area (Å²) in [5, 5.41) is 11.8. The third-order valence-electron chi connectivity index (χ3n) is 6.84. The fourth-order valence-electron chi connectivity index (χ4n) is 4.58. The lowest BCUT2D eigenvalue weighted by Crippen LogP contribution is -2.56. The van der Waals surface area contributed by atoms with E-state index in [0.717, 1.165) is 12.1 Å². The van der Waals surface area contributed by atoms with Crippen LogP contribution in [0.5, 0.6) is 0 Å². The summed E-state index contributed by atoms with van der Waals surface area (Å²) < 4.78 is 45.3. The molecule has 2 N–H and O–H groups in total. The van der Waals surface area contributed by atoms with Gasteiger partial charge in [-0.2, -0.15) is 13.2 Å². The molecule has 1 aliphatic rings. The molecule has 0 unspecified atom stereocenters. The highest BCUT2D eigenvalue weighted by Crippen LogP contribution is 2.32. The van der Waals surface area contributed by atoms with E-state index in [1.807, 2.05) is 0 Å². The van der Waals surface area contributed by atoms with Gasteiger partial charge >= 0.3 is 18.2 Å². The van der Waals surface area contributed by atoms with Crippen LogP contribution in [0.1, 0.15) is 35.8 Å². The fourth-order valence-corrected chi connectivity index (χ4v) is 4.58. The molecule has 44 heavy (non-hydrogen) atoms. The Labute approximate surface area is 250 Å². The molecule has 1 saturated heterocycles. The summed E-state index contributed by atoms with van der Waals surface area (Å²) >= 11 is 0. The lowest BCUT2D eigenvalue weighted by Gasteiger charge is -2.35. The van der Waals surface area contributed by atoms with Crippen molar-refractivity contribution in [3.63, 3.8) is 0 Å². The van der Waals surface area contributed by atoms with Crippen LogP contribution in [0.2, 0.25) is 0 Å². The molecule has 1 fully saturated rings. The first-order chi connectivity index (χ1) is 21.0. The molecule has 0 aliphatic carbocycles. The number of hydrogen-bond donors (Lipinski definition) is 2. The number of carbonyl (C=O) groups is 4. The number of ether oxygens (including phenoxy) is 1. The van der Waals surface area contributed by atoms with Crippen molar-refractivity contribution < 1.29 is 42.2 Å². The molecule has 1 aromatic heterocycles. The monoisotopic (exact) mass is 613 g/mol. The Hall–Kier alpha value is -5.01. The number of carboxylic acid groups (broad SMARTS) is 1. The third kappa shape index (κ3) is 8.08. The number of aliphatic carboxylic acids is 1. The number of halogens is 3. The van der Waals surface area contributed by atoms with Gasteiger partial charge in [0.1, 0.15) is 11.7 Å². The molecule has 232 valence electrons. The summed E-state index contributed by atoms with van der Waals surface area (Å²) in [6, 6.07) is 12.9. The zero-order chi connectivity index (χ0) is 31.9. The molecule has 2 heterocycles. The van der Waals surface area contributed by atoms with Crippen molar-refractivity contribution in [1.29, 1.82) is 0 Å². The van der Waals surface area contributed by atoms with Crippen molar-refractivity contribution in [2.75, 3.05) is 32.8 Å². The predicted octanol–water partition coefficient (Wildman–Crippen LogP) is 4.09. The SMILES string of the molecule is CCOC(=O)N1CCN(C(=O)[C@H](CCC(=O)O)NC(=O)c2cc(-c3cccc(C(F)(F)F)c3)nc(-c3ccccc3)n2)CC1. The number of carbonyl (C=O) groups excluding carboxylic acids is 3. The standard InChI is InChI=1S/C30H30F3N5O6/c1-2-44-29(43)38-15-13-37(14-16-38)28(42)22(11-12-25(39)40)36-27(41)24-18-23(20-9-6-10-21(17-20)30(31,32)33)34-26(35-24)19-7-4-3-5-8-19/h3-10,17-18,22H,2,11-16H2,1H3,(H,36,41)(H,39,40)/t22-/m0/s1. The van der Waals surface area contributed by atoms with Crippen LogP contribution in [-0.4, -0.2) is 87.6 Å². The van der Waals surface area contributed by atoms with Gasteiger partial charge in [-0.3, -0.25) is 14.4 Å². The molecule has 2 aromatic carbocycles. The highest BCUT2D eigenvalue weighted by molar-refractivity contribution is 5.97. The molecule has 0 bridgehead atoms. The molecule has 0 saturated carbocycles. The number of rotatable bonds is 9. The number of hydrogen-bond acceptors (Lipinski definition) is 7. The van der Waals surface area contributed by atoms with Gasteiger partial charge in [-0.25, -0.2) is 14.8 Å². The van der Waals surface area contributed by atoms with Crippen LogP contribution in [0.4, 0.5) is 18.0 Å². The first kappa shape index (κ1) is 31.9. The van der Waals surface area contributed by atoms with Gasteiger partial charge in [0.15, 0.2) is 5.82 Å². The Morgan fingerprint density at radius 3 is 2.23 bits per heavy atom. The van der Waals surface area contributed by atoms with E-state index in [4.69, 9.17) is 4.74 Å². The maximum atomic E-state index is 13.5. The minimum absolute atomic E-state index is 0.0404. The number of piperazine rings is 1. The van der Waals surface area contributed by atoms with Crippen LogP contribution < -0.4 is 5.32 Å². The highest BCUT2D eigenvalue weighted by Gasteiger charge is 2.32. The van der Waals surface area contributed by atoms with Gasteiger partial charge in [0.2, 0.25) is 5.91 Å².